The zero-order valence-corrected chi connectivity index (χ0v) is 13.7. The van der Waals surface area contributed by atoms with Crippen molar-refractivity contribution in [1.29, 1.82) is 0 Å². The van der Waals surface area contributed by atoms with Crippen LogP contribution in [0.1, 0.15) is 25.5 Å². The number of hydrogen-bond acceptors (Lipinski definition) is 4. The molecule has 118 valence electrons. The minimum absolute atomic E-state index is 0.0192. The van der Waals surface area contributed by atoms with Crippen LogP contribution in [0.5, 0.6) is 11.5 Å². The molecule has 5 nitrogen and oxygen atoms in total. The second kappa shape index (κ2) is 6.85. The van der Waals surface area contributed by atoms with E-state index in [1.807, 2.05) is 12.1 Å². The average Bonchev–Trinajstić information content (AvgIpc) is 2.45. The van der Waals surface area contributed by atoms with Gasteiger partial charge in [-0.05, 0) is 30.5 Å². The summed E-state index contributed by atoms with van der Waals surface area (Å²) in [6.07, 6.45) is 0. The largest absolute Gasteiger partial charge is 0.486 e. The number of benzene rings is 1. The van der Waals surface area contributed by atoms with Gasteiger partial charge in [-0.3, -0.25) is 0 Å². The van der Waals surface area contributed by atoms with Crippen LogP contribution in [0, 0.1) is 5.92 Å². The summed E-state index contributed by atoms with van der Waals surface area (Å²) < 4.78 is 37.7. The van der Waals surface area contributed by atoms with Crippen LogP contribution in [0.25, 0.3) is 0 Å². The van der Waals surface area contributed by atoms with Gasteiger partial charge >= 0.3 is 0 Å². The molecule has 0 saturated carbocycles. The number of alkyl halides is 1. The summed E-state index contributed by atoms with van der Waals surface area (Å²) in [6, 6.07) is 5.11. The molecule has 1 aliphatic heterocycles. The van der Waals surface area contributed by atoms with Crippen molar-refractivity contribution in [3.63, 3.8) is 0 Å². The highest BCUT2D eigenvalue weighted by molar-refractivity contribution is 7.89. The fourth-order valence-electron chi connectivity index (χ4n) is 2.13. The number of rotatable bonds is 6. The third-order valence-corrected chi connectivity index (χ3v) is 5.44. The maximum Gasteiger partial charge on any atom is 0.212 e. The second-order valence-corrected chi connectivity index (χ2v) is 7.39. The van der Waals surface area contributed by atoms with E-state index in [0.29, 0.717) is 30.6 Å². The van der Waals surface area contributed by atoms with E-state index in [4.69, 9.17) is 21.1 Å². The maximum atomic E-state index is 12.0. The molecule has 0 spiro atoms. The van der Waals surface area contributed by atoms with Gasteiger partial charge in [-0.15, -0.1) is 11.6 Å². The quantitative estimate of drug-likeness (QED) is 0.811. The summed E-state index contributed by atoms with van der Waals surface area (Å²) in [4.78, 5) is 0. The van der Waals surface area contributed by atoms with Gasteiger partial charge in [-0.2, -0.15) is 0 Å². The average molecular weight is 334 g/mol. The predicted octanol–water partition coefficient (Wildman–Crippen LogP) is 2.31. The van der Waals surface area contributed by atoms with Gasteiger partial charge in [0.05, 0.1) is 5.75 Å². The smallest absolute Gasteiger partial charge is 0.212 e. The first kappa shape index (κ1) is 16.4. The number of halogens is 1. The Kier molecular flexibility index (Phi) is 5.35. The van der Waals surface area contributed by atoms with E-state index in [9.17, 15) is 8.42 Å². The molecule has 2 unspecified atom stereocenters. The number of nitrogens with one attached hydrogen (secondary N) is 1. The van der Waals surface area contributed by atoms with E-state index < -0.39 is 10.0 Å². The van der Waals surface area contributed by atoms with Crippen molar-refractivity contribution in [2.45, 2.75) is 19.9 Å². The molecule has 0 saturated heterocycles. The topological polar surface area (TPSA) is 64.6 Å². The Labute approximate surface area is 130 Å². The van der Waals surface area contributed by atoms with Crippen LogP contribution >= 0.6 is 11.6 Å². The van der Waals surface area contributed by atoms with E-state index in [2.05, 4.69) is 4.72 Å². The summed E-state index contributed by atoms with van der Waals surface area (Å²) in [6.45, 7) is 4.64. The lowest BCUT2D eigenvalue weighted by atomic mass is 10.1. The first-order valence-corrected chi connectivity index (χ1v) is 9.05. The van der Waals surface area contributed by atoms with E-state index in [-0.39, 0.29) is 17.7 Å². The molecule has 0 fully saturated rings. The Morgan fingerprint density at radius 1 is 1.24 bits per heavy atom. The van der Waals surface area contributed by atoms with Crippen molar-refractivity contribution in [3.05, 3.63) is 23.8 Å². The number of sulfonamides is 1. The number of fused-ring (bicyclic) bond motifs is 1. The molecule has 21 heavy (non-hydrogen) atoms. The Balaban J connectivity index is 2.08. The summed E-state index contributed by atoms with van der Waals surface area (Å²) in [5.41, 5.74) is 0.835. The SMILES string of the molecule is CC(CCl)CS(=O)(=O)NC(C)c1ccc2c(c1)OCCO2. The number of hydrogen-bond donors (Lipinski definition) is 1. The van der Waals surface area contributed by atoms with Gasteiger partial charge in [0.25, 0.3) is 0 Å². The van der Waals surface area contributed by atoms with Crippen LogP contribution in [0.2, 0.25) is 0 Å². The highest BCUT2D eigenvalue weighted by Crippen LogP contribution is 2.32. The molecule has 0 aliphatic carbocycles. The van der Waals surface area contributed by atoms with Crippen LogP contribution in [-0.2, 0) is 10.0 Å². The second-order valence-electron chi connectivity index (χ2n) is 5.28. The van der Waals surface area contributed by atoms with Crippen LogP contribution in [0.4, 0.5) is 0 Å². The summed E-state index contributed by atoms with van der Waals surface area (Å²) in [5, 5.41) is 0. The molecule has 0 radical (unpaired) electrons. The molecule has 0 bridgehead atoms. The minimum Gasteiger partial charge on any atom is -0.486 e. The summed E-state index contributed by atoms with van der Waals surface area (Å²) in [7, 11) is -3.37. The molecule has 7 heteroatoms. The predicted molar refractivity (Wildman–Crippen MR) is 82.7 cm³/mol. The standard InChI is InChI=1S/C14H20ClNO4S/c1-10(8-15)9-21(17,18)16-11(2)12-3-4-13-14(7-12)20-6-5-19-13/h3-4,7,10-11,16H,5-6,8-9H2,1-2H3. The van der Waals surface area contributed by atoms with E-state index >= 15 is 0 Å². The molecule has 0 aromatic heterocycles. The zero-order chi connectivity index (χ0) is 15.5. The lowest BCUT2D eigenvalue weighted by Gasteiger charge is -2.21. The Morgan fingerprint density at radius 3 is 2.57 bits per heavy atom. The molecule has 1 N–H and O–H groups in total. The van der Waals surface area contributed by atoms with E-state index in [0.717, 1.165) is 5.56 Å². The van der Waals surface area contributed by atoms with Crippen molar-refractivity contribution in [3.8, 4) is 11.5 Å². The molecule has 1 aliphatic rings. The monoisotopic (exact) mass is 333 g/mol. The fraction of sp³-hybridized carbons (Fsp3) is 0.571. The van der Waals surface area contributed by atoms with Crippen LogP contribution in [-0.4, -0.2) is 33.3 Å². The van der Waals surface area contributed by atoms with Crippen molar-refractivity contribution in [1.82, 2.24) is 4.72 Å². The number of ether oxygens (including phenoxy) is 2. The normalized spacial score (nSPS) is 17.3. The van der Waals surface area contributed by atoms with Gasteiger partial charge in [-0.25, -0.2) is 13.1 Å². The molecule has 2 atom stereocenters. The lowest BCUT2D eigenvalue weighted by Crippen LogP contribution is -2.31. The minimum atomic E-state index is -3.37. The molecular formula is C14H20ClNO4S. The third-order valence-electron chi connectivity index (χ3n) is 3.19. The lowest BCUT2D eigenvalue weighted by molar-refractivity contribution is 0.171. The first-order chi connectivity index (χ1) is 9.91. The molecule has 1 aromatic rings. The molecule has 1 heterocycles. The summed E-state index contributed by atoms with van der Waals surface area (Å²) in [5.74, 6) is 1.59. The maximum absolute atomic E-state index is 12.0. The zero-order valence-electron chi connectivity index (χ0n) is 12.1. The van der Waals surface area contributed by atoms with Crippen molar-refractivity contribution in [2.75, 3.05) is 24.8 Å². The van der Waals surface area contributed by atoms with Gasteiger partial charge in [0, 0.05) is 11.9 Å². The molecule has 2 rings (SSSR count). The van der Waals surface area contributed by atoms with Crippen molar-refractivity contribution >= 4 is 21.6 Å². The van der Waals surface area contributed by atoms with Crippen LogP contribution in [0.3, 0.4) is 0 Å². The molecule has 0 amide bonds. The Hall–Kier alpha value is -0.980. The van der Waals surface area contributed by atoms with Crippen molar-refractivity contribution in [2.24, 2.45) is 5.92 Å². The van der Waals surface area contributed by atoms with Crippen LogP contribution < -0.4 is 14.2 Å². The summed E-state index contributed by atoms with van der Waals surface area (Å²) >= 11 is 5.67. The van der Waals surface area contributed by atoms with Crippen molar-refractivity contribution < 1.29 is 17.9 Å². The molecule has 1 aromatic carbocycles. The van der Waals surface area contributed by atoms with Gasteiger partial charge in [0.15, 0.2) is 11.5 Å². The first-order valence-electron chi connectivity index (χ1n) is 6.87. The van der Waals surface area contributed by atoms with E-state index in [1.54, 1.807) is 19.9 Å². The fourth-order valence-corrected chi connectivity index (χ4v) is 4.01. The van der Waals surface area contributed by atoms with Gasteiger partial charge < -0.3 is 9.47 Å². The van der Waals surface area contributed by atoms with E-state index in [1.165, 1.54) is 0 Å². The highest BCUT2D eigenvalue weighted by Gasteiger charge is 2.20. The Bertz CT molecular complexity index is 591. The van der Waals surface area contributed by atoms with Gasteiger partial charge in [0.1, 0.15) is 13.2 Å². The highest BCUT2D eigenvalue weighted by atomic mass is 35.5. The Morgan fingerprint density at radius 2 is 1.90 bits per heavy atom. The van der Waals surface area contributed by atoms with Gasteiger partial charge in [0.2, 0.25) is 10.0 Å². The van der Waals surface area contributed by atoms with Gasteiger partial charge in [-0.1, -0.05) is 13.0 Å². The van der Waals surface area contributed by atoms with Crippen LogP contribution in [0.15, 0.2) is 18.2 Å². The molecular weight excluding hydrogens is 314 g/mol. The third kappa shape index (κ3) is 4.49.